The quantitative estimate of drug-likeness (QED) is 0.263. The Bertz CT molecular complexity index is 1130. The van der Waals surface area contributed by atoms with Gasteiger partial charge in [-0.2, -0.15) is 5.10 Å². The van der Waals surface area contributed by atoms with Crippen molar-refractivity contribution in [3.63, 3.8) is 0 Å². The van der Waals surface area contributed by atoms with Crippen LogP contribution in [0, 0.1) is 24.0 Å². The summed E-state index contributed by atoms with van der Waals surface area (Å²) in [6.07, 6.45) is 1.65. The van der Waals surface area contributed by atoms with Crippen LogP contribution in [0.3, 0.4) is 0 Å². The van der Waals surface area contributed by atoms with E-state index in [1.54, 1.807) is 18.3 Å². The average molecular weight is 501 g/mol. The van der Waals surface area contributed by atoms with E-state index in [0.29, 0.717) is 5.75 Å². The lowest BCUT2D eigenvalue weighted by molar-refractivity contribution is -0.384. The van der Waals surface area contributed by atoms with Gasteiger partial charge in [0.15, 0.2) is 0 Å². The molecule has 7 nitrogen and oxygen atoms in total. The van der Waals surface area contributed by atoms with Crippen molar-refractivity contribution in [2.75, 3.05) is 5.75 Å². The first-order valence-corrected chi connectivity index (χ1v) is 11.4. The van der Waals surface area contributed by atoms with E-state index in [4.69, 9.17) is 0 Å². The monoisotopic (exact) mass is 500 g/mol. The van der Waals surface area contributed by atoms with E-state index in [1.165, 1.54) is 23.9 Å². The number of carbonyl (C=O) groups is 1. The molecule has 0 bridgehead atoms. The standard InChI is InChI=1S/C22H21BrN4O3S/c1-15-10-18(16(2)26(15)21-5-3-4-19(23)11-21)12-24-25-22(28)14-31-13-17-6-8-20(9-7-17)27(29)30/h3-12H,13-14H2,1-2H3,(H,25,28)/b24-12-. The van der Waals surface area contributed by atoms with Gasteiger partial charge in [-0.15, -0.1) is 11.8 Å². The molecule has 0 radical (unpaired) electrons. The minimum atomic E-state index is -0.432. The van der Waals surface area contributed by atoms with Gasteiger partial charge in [0.2, 0.25) is 5.91 Å². The van der Waals surface area contributed by atoms with E-state index in [9.17, 15) is 14.9 Å². The molecule has 1 N–H and O–H groups in total. The molecule has 0 spiro atoms. The molecule has 3 rings (SSSR count). The zero-order chi connectivity index (χ0) is 22.4. The summed E-state index contributed by atoms with van der Waals surface area (Å²) in [6, 6.07) is 16.4. The van der Waals surface area contributed by atoms with E-state index in [0.717, 1.165) is 32.7 Å². The number of amides is 1. The maximum absolute atomic E-state index is 12.0. The first-order chi connectivity index (χ1) is 14.8. The summed E-state index contributed by atoms with van der Waals surface area (Å²) in [6.45, 7) is 4.04. The van der Waals surface area contributed by atoms with Crippen LogP contribution in [0.2, 0.25) is 0 Å². The molecular formula is C22H21BrN4O3S. The summed E-state index contributed by atoms with van der Waals surface area (Å²) < 4.78 is 3.14. The van der Waals surface area contributed by atoms with E-state index >= 15 is 0 Å². The van der Waals surface area contributed by atoms with Crippen molar-refractivity contribution in [2.45, 2.75) is 19.6 Å². The molecule has 160 valence electrons. The fourth-order valence-corrected chi connectivity index (χ4v) is 4.28. The summed E-state index contributed by atoms with van der Waals surface area (Å²) in [7, 11) is 0. The third kappa shape index (κ3) is 6.05. The topological polar surface area (TPSA) is 89.5 Å². The van der Waals surface area contributed by atoms with Crippen molar-refractivity contribution in [3.8, 4) is 5.69 Å². The van der Waals surface area contributed by atoms with Gasteiger partial charge in [-0.1, -0.05) is 34.1 Å². The van der Waals surface area contributed by atoms with Crippen LogP contribution in [-0.2, 0) is 10.5 Å². The number of aromatic nitrogens is 1. The molecule has 0 saturated carbocycles. The number of carbonyl (C=O) groups excluding carboxylic acids is 1. The molecule has 0 aliphatic heterocycles. The SMILES string of the molecule is Cc1cc(/C=N\NC(=O)CSCc2ccc([N+](=O)[O-])cc2)c(C)n1-c1cccc(Br)c1. The third-order valence-corrected chi connectivity index (χ3v) is 6.08. The third-order valence-electron chi connectivity index (χ3n) is 4.58. The molecule has 0 aliphatic carbocycles. The number of non-ortho nitro benzene ring substituents is 1. The first kappa shape index (κ1) is 22.8. The van der Waals surface area contributed by atoms with Crippen molar-refractivity contribution in [3.05, 3.63) is 91.7 Å². The van der Waals surface area contributed by atoms with Crippen molar-refractivity contribution >= 4 is 45.5 Å². The van der Waals surface area contributed by atoms with Gasteiger partial charge in [-0.25, -0.2) is 5.43 Å². The molecule has 9 heteroatoms. The Morgan fingerprint density at radius 3 is 2.65 bits per heavy atom. The van der Waals surface area contributed by atoms with Gasteiger partial charge in [0.05, 0.1) is 16.9 Å². The Morgan fingerprint density at radius 1 is 1.23 bits per heavy atom. The molecule has 31 heavy (non-hydrogen) atoms. The Labute approximate surface area is 192 Å². The molecule has 2 aromatic carbocycles. The number of thioether (sulfide) groups is 1. The number of halogens is 1. The number of nitrogens with one attached hydrogen (secondary N) is 1. The van der Waals surface area contributed by atoms with Gasteiger partial charge in [0.25, 0.3) is 5.69 Å². The predicted octanol–water partition coefficient (Wildman–Crippen LogP) is 5.15. The zero-order valence-corrected chi connectivity index (χ0v) is 19.4. The maximum atomic E-state index is 12.0. The molecule has 0 unspecified atom stereocenters. The van der Waals surface area contributed by atoms with Gasteiger partial charge in [0, 0.05) is 45.0 Å². The highest BCUT2D eigenvalue weighted by Gasteiger charge is 2.10. The van der Waals surface area contributed by atoms with Crippen LogP contribution in [0.1, 0.15) is 22.5 Å². The number of hydrogen-bond acceptors (Lipinski definition) is 5. The summed E-state index contributed by atoms with van der Waals surface area (Å²) in [5, 5.41) is 14.8. The molecule has 1 heterocycles. The van der Waals surface area contributed by atoms with Crippen LogP contribution in [-0.4, -0.2) is 27.4 Å². The Morgan fingerprint density at radius 2 is 1.97 bits per heavy atom. The highest BCUT2D eigenvalue weighted by Crippen LogP contribution is 2.22. The number of benzene rings is 2. The lowest BCUT2D eigenvalue weighted by Gasteiger charge is -2.09. The zero-order valence-electron chi connectivity index (χ0n) is 17.0. The van der Waals surface area contributed by atoms with Crippen LogP contribution in [0.15, 0.2) is 64.2 Å². The molecule has 0 saturated heterocycles. The summed E-state index contributed by atoms with van der Waals surface area (Å²) >= 11 is 4.92. The molecule has 1 aromatic heterocycles. The smallest absolute Gasteiger partial charge is 0.269 e. The number of nitrogens with zero attached hydrogens (tertiary/aromatic N) is 3. The molecule has 0 fully saturated rings. The summed E-state index contributed by atoms with van der Waals surface area (Å²) in [5.41, 5.74) is 7.61. The van der Waals surface area contributed by atoms with Gasteiger partial charge >= 0.3 is 0 Å². The molecule has 1 amide bonds. The summed E-state index contributed by atoms with van der Waals surface area (Å²) in [4.78, 5) is 22.3. The van der Waals surface area contributed by atoms with E-state index in [-0.39, 0.29) is 17.3 Å². The second-order valence-corrected chi connectivity index (χ2v) is 8.75. The van der Waals surface area contributed by atoms with Crippen LogP contribution < -0.4 is 5.43 Å². The molecule has 3 aromatic rings. The van der Waals surface area contributed by atoms with Crippen molar-refractivity contribution in [1.82, 2.24) is 9.99 Å². The van der Waals surface area contributed by atoms with Crippen LogP contribution in [0.5, 0.6) is 0 Å². The van der Waals surface area contributed by atoms with Crippen molar-refractivity contribution < 1.29 is 9.72 Å². The maximum Gasteiger partial charge on any atom is 0.269 e. The van der Waals surface area contributed by atoms with E-state index < -0.39 is 4.92 Å². The predicted molar refractivity (Wildman–Crippen MR) is 128 cm³/mol. The first-order valence-electron chi connectivity index (χ1n) is 9.43. The number of nitro benzene ring substituents is 1. The minimum Gasteiger partial charge on any atom is -0.318 e. The second-order valence-electron chi connectivity index (χ2n) is 6.85. The normalized spacial score (nSPS) is 11.1. The van der Waals surface area contributed by atoms with Gasteiger partial charge < -0.3 is 4.57 Å². The van der Waals surface area contributed by atoms with Crippen LogP contribution >= 0.6 is 27.7 Å². The van der Waals surface area contributed by atoms with Crippen LogP contribution in [0.25, 0.3) is 5.69 Å². The van der Waals surface area contributed by atoms with Gasteiger partial charge in [-0.3, -0.25) is 14.9 Å². The number of rotatable bonds is 8. The van der Waals surface area contributed by atoms with Gasteiger partial charge in [0.1, 0.15) is 0 Å². The van der Waals surface area contributed by atoms with Crippen molar-refractivity contribution in [1.29, 1.82) is 0 Å². The van der Waals surface area contributed by atoms with Crippen molar-refractivity contribution in [2.24, 2.45) is 5.10 Å². The Hall–Kier alpha value is -2.91. The minimum absolute atomic E-state index is 0.0556. The number of aryl methyl sites for hydroxylation is 1. The Balaban J connectivity index is 1.53. The summed E-state index contributed by atoms with van der Waals surface area (Å²) in [5.74, 6) is 0.623. The lowest BCUT2D eigenvalue weighted by atomic mass is 10.2. The highest BCUT2D eigenvalue weighted by molar-refractivity contribution is 9.10. The van der Waals surface area contributed by atoms with Gasteiger partial charge in [-0.05, 0) is 43.7 Å². The number of hydrazone groups is 1. The van der Waals surface area contributed by atoms with E-state index in [2.05, 4.69) is 31.0 Å². The largest absolute Gasteiger partial charge is 0.318 e. The average Bonchev–Trinajstić information content (AvgIpc) is 3.01. The van der Waals surface area contributed by atoms with E-state index in [1.807, 2.05) is 44.2 Å². The highest BCUT2D eigenvalue weighted by atomic mass is 79.9. The Kier molecular flexibility index (Phi) is 7.64. The molecular weight excluding hydrogens is 480 g/mol. The van der Waals surface area contributed by atoms with Crippen LogP contribution in [0.4, 0.5) is 5.69 Å². The number of nitro groups is 1. The molecule has 0 atom stereocenters. The second kappa shape index (κ2) is 10.4. The number of hydrogen-bond donors (Lipinski definition) is 1. The fourth-order valence-electron chi connectivity index (χ4n) is 3.11. The molecule has 0 aliphatic rings. The fraction of sp³-hybridized carbons (Fsp3) is 0.182. The lowest BCUT2D eigenvalue weighted by Crippen LogP contribution is -2.19.